The van der Waals surface area contributed by atoms with Crippen LogP contribution in [0.25, 0.3) is 11.6 Å². The van der Waals surface area contributed by atoms with Gasteiger partial charge in [0, 0.05) is 10.7 Å². The highest BCUT2D eigenvalue weighted by molar-refractivity contribution is 7.99. The van der Waals surface area contributed by atoms with Gasteiger partial charge in [-0.1, -0.05) is 29.4 Å². The molecule has 7 nitrogen and oxygen atoms in total. The van der Waals surface area contributed by atoms with Crippen LogP contribution >= 0.6 is 23.4 Å². The molecule has 0 atom stereocenters. The first-order valence-corrected chi connectivity index (χ1v) is 8.34. The maximum Gasteiger partial charge on any atom is 0.234 e. The molecule has 0 saturated heterocycles. The normalized spacial score (nSPS) is 10.8. The fourth-order valence-electron chi connectivity index (χ4n) is 1.99. The molecule has 0 fully saturated rings. The number of amides is 1. The number of carbonyl (C=O) groups excluding carboxylic acids is 1. The van der Waals surface area contributed by atoms with Crippen molar-refractivity contribution in [2.24, 2.45) is 0 Å². The maximum atomic E-state index is 12.1. The van der Waals surface area contributed by atoms with E-state index in [1.807, 2.05) is 13.0 Å². The van der Waals surface area contributed by atoms with Crippen LogP contribution in [0.4, 0.5) is 5.69 Å². The van der Waals surface area contributed by atoms with Gasteiger partial charge in [-0.05, 0) is 36.8 Å². The SMILES string of the molecule is Cc1ccc(Cl)cc1NC(=O)CSc1nnc(-c2ccco2)n1N. The molecule has 3 aromatic rings. The van der Waals surface area contributed by atoms with E-state index in [4.69, 9.17) is 21.9 Å². The van der Waals surface area contributed by atoms with Crippen LogP contribution < -0.4 is 11.2 Å². The predicted molar refractivity (Wildman–Crippen MR) is 93.4 cm³/mol. The van der Waals surface area contributed by atoms with Crippen LogP contribution in [-0.2, 0) is 4.79 Å². The van der Waals surface area contributed by atoms with E-state index in [0.717, 1.165) is 5.56 Å². The third-order valence-electron chi connectivity index (χ3n) is 3.21. The molecule has 0 unspecified atom stereocenters. The lowest BCUT2D eigenvalue weighted by Crippen LogP contribution is -2.17. The molecular weight excluding hydrogens is 350 g/mol. The minimum atomic E-state index is -0.187. The molecule has 24 heavy (non-hydrogen) atoms. The molecule has 0 aliphatic heterocycles. The number of nitrogens with two attached hydrogens (primary N) is 1. The minimum absolute atomic E-state index is 0.138. The fourth-order valence-corrected chi connectivity index (χ4v) is 2.82. The smallest absolute Gasteiger partial charge is 0.234 e. The first kappa shape index (κ1) is 16.4. The van der Waals surface area contributed by atoms with Gasteiger partial charge < -0.3 is 15.6 Å². The van der Waals surface area contributed by atoms with Crippen LogP contribution in [0.1, 0.15) is 5.56 Å². The Labute approximate surface area is 147 Å². The number of benzene rings is 1. The molecule has 3 rings (SSSR count). The van der Waals surface area contributed by atoms with Crippen LogP contribution in [0, 0.1) is 6.92 Å². The zero-order chi connectivity index (χ0) is 17.1. The molecule has 1 amide bonds. The van der Waals surface area contributed by atoms with Crippen LogP contribution in [0.2, 0.25) is 5.02 Å². The summed E-state index contributed by atoms with van der Waals surface area (Å²) >= 11 is 7.12. The summed E-state index contributed by atoms with van der Waals surface area (Å²) in [6.45, 7) is 1.89. The van der Waals surface area contributed by atoms with E-state index in [9.17, 15) is 4.79 Å². The molecule has 2 heterocycles. The zero-order valence-corrected chi connectivity index (χ0v) is 14.3. The van der Waals surface area contributed by atoms with Crippen molar-refractivity contribution in [2.45, 2.75) is 12.1 Å². The van der Waals surface area contributed by atoms with E-state index >= 15 is 0 Å². The van der Waals surface area contributed by atoms with E-state index in [-0.39, 0.29) is 11.7 Å². The van der Waals surface area contributed by atoms with Gasteiger partial charge in [-0.25, -0.2) is 4.68 Å². The average Bonchev–Trinajstić information content (AvgIpc) is 3.18. The number of hydrogen-bond acceptors (Lipinski definition) is 6. The van der Waals surface area contributed by atoms with E-state index in [2.05, 4.69) is 15.5 Å². The van der Waals surface area contributed by atoms with Crippen molar-refractivity contribution in [1.82, 2.24) is 14.9 Å². The summed E-state index contributed by atoms with van der Waals surface area (Å²) < 4.78 is 6.53. The summed E-state index contributed by atoms with van der Waals surface area (Å²) in [7, 11) is 0. The van der Waals surface area contributed by atoms with Crippen LogP contribution in [-0.4, -0.2) is 26.5 Å². The number of anilines is 1. The summed E-state index contributed by atoms with van der Waals surface area (Å²) in [5, 5.41) is 11.7. The topological polar surface area (TPSA) is 99.0 Å². The Morgan fingerprint density at radius 1 is 1.42 bits per heavy atom. The number of aromatic nitrogens is 3. The molecule has 0 aliphatic rings. The largest absolute Gasteiger partial charge is 0.461 e. The van der Waals surface area contributed by atoms with Gasteiger partial charge in [-0.15, -0.1) is 10.2 Å². The van der Waals surface area contributed by atoms with Gasteiger partial charge in [0.1, 0.15) is 0 Å². The molecule has 3 N–H and O–H groups in total. The van der Waals surface area contributed by atoms with Gasteiger partial charge in [0.05, 0.1) is 12.0 Å². The monoisotopic (exact) mass is 363 g/mol. The Morgan fingerprint density at radius 3 is 3.00 bits per heavy atom. The molecule has 124 valence electrons. The number of thioether (sulfide) groups is 1. The summed E-state index contributed by atoms with van der Waals surface area (Å²) in [4.78, 5) is 12.1. The third kappa shape index (κ3) is 3.55. The van der Waals surface area contributed by atoms with Crippen molar-refractivity contribution in [3.63, 3.8) is 0 Å². The summed E-state index contributed by atoms with van der Waals surface area (Å²) in [6.07, 6.45) is 1.53. The Hall–Kier alpha value is -2.45. The molecule has 0 radical (unpaired) electrons. The number of carbonyl (C=O) groups is 1. The number of rotatable bonds is 5. The van der Waals surface area contributed by atoms with Crippen molar-refractivity contribution in [2.75, 3.05) is 16.9 Å². The summed E-state index contributed by atoms with van der Waals surface area (Å²) in [5.74, 6) is 6.80. The first-order valence-electron chi connectivity index (χ1n) is 6.98. The lowest BCUT2D eigenvalue weighted by atomic mass is 10.2. The standard InChI is InChI=1S/C15H14ClN5O2S/c1-9-4-5-10(16)7-11(9)18-13(22)8-24-15-20-19-14(21(15)17)12-3-2-6-23-12/h2-7H,8,17H2,1H3,(H,18,22). The van der Waals surface area contributed by atoms with Gasteiger partial charge in [-0.3, -0.25) is 4.79 Å². The Morgan fingerprint density at radius 2 is 2.25 bits per heavy atom. The third-order valence-corrected chi connectivity index (χ3v) is 4.39. The summed E-state index contributed by atoms with van der Waals surface area (Å²) in [6, 6.07) is 8.79. The van der Waals surface area contributed by atoms with Gasteiger partial charge in [0.25, 0.3) is 0 Å². The number of hydrogen-bond donors (Lipinski definition) is 2. The molecule has 9 heteroatoms. The van der Waals surface area contributed by atoms with Crippen molar-refractivity contribution < 1.29 is 9.21 Å². The van der Waals surface area contributed by atoms with Crippen molar-refractivity contribution in [3.8, 4) is 11.6 Å². The van der Waals surface area contributed by atoms with E-state index < -0.39 is 0 Å². The molecule has 0 saturated carbocycles. The van der Waals surface area contributed by atoms with E-state index in [1.165, 1.54) is 22.7 Å². The number of halogens is 1. The number of aryl methyl sites for hydroxylation is 1. The number of nitrogens with one attached hydrogen (secondary N) is 1. The molecule has 0 spiro atoms. The quantitative estimate of drug-likeness (QED) is 0.534. The second-order valence-electron chi connectivity index (χ2n) is 4.95. The molecule has 1 aromatic carbocycles. The zero-order valence-electron chi connectivity index (χ0n) is 12.7. The van der Waals surface area contributed by atoms with E-state index in [0.29, 0.717) is 27.5 Å². The predicted octanol–water partition coefficient (Wildman–Crippen LogP) is 2.94. The lowest BCUT2D eigenvalue weighted by molar-refractivity contribution is -0.113. The molecule has 2 aromatic heterocycles. The highest BCUT2D eigenvalue weighted by atomic mass is 35.5. The van der Waals surface area contributed by atoms with Crippen LogP contribution in [0.3, 0.4) is 0 Å². The number of furan rings is 1. The van der Waals surface area contributed by atoms with Crippen molar-refractivity contribution >= 4 is 35.0 Å². The Balaban J connectivity index is 1.64. The van der Waals surface area contributed by atoms with Crippen molar-refractivity contribution in [1.29, 1.82) is 0 Å². The Kier molecular flexibility index (Phi) is 4.77. The van der Waals surface area contributed by atoms with Gasteiger partial charge in [0.15, 0.2) is 5.76 Å². The lowest BCUT2D eigenvalue weighted by Gasteiger charge is -2.08. The molecule has 0 aliphatic carbocycles. The average molecular weight is 364 g/mol. The minimum Gasteiger partial charge on any atom is -0.461 e. The van der Waals surface area contributed by atoms with Crippen molar-refractivity contribution in [3.05, 3.63) is 47.2 Å². The highest BCUT2D eigenvalue weighted by Gasteiger charge is 2.15. The fraction of sp³-hybridized carbons (Fsp3) is 0.133. The molecular formula is C15H14ClN5O2S. The van der Waals surface area contributed by atoms with Gasteiger partial charge >= 0.3 is 0 Å². The van der Waals surface area contributed by atoms with Gasteiger partial charge in [-0.2, -0.15) is 0 Å². The van der Waals surface area contributed by atoms with E-state index in [1.54, 1.807) is 24.3 Å². The van der Waals surface area contributed by atoms with Crippen LogP contribution in [0.15, 0.2) is 46.2 Å². The second-order valence-corrected chi connectivity index (χ2v) is 6.33. The van der Waals surface area contributed by atoms with Gasteiger partial charge in [0.2, 0.25) is 16.9 Å². The second kappa shape index (κ2) is 6.98. The Bertz CT molecular complexity index is 863. The molecule has 0 bridgehead atoms. The first-order chi connectivity index (χ1) is 11.5. The maximum absolute atomic E-state index is 12.1. The number of nitrogens with zero attached hydrogens (tertiary/aromatic N) is 3. The summed E-state index contributed by atoms with van der Waals surface area (Å²) in [5.41, 5.74) is 1.61. The number of nitrogen functional groups attached to an aromatic ring is 1. The highest BCUT2D eigenvalue weighted by Crippen LogP contribution is 2.23. The van der Waals surface area contributed by atoms with Crippen LogP contribution in [0.5, 0.6) is 0 Å².